The summed E-state index contributed by atoms with van der Waals surface area (Å²) in [7, 11) is 0. The molecule has 3 aromatic rings. The number of aryl methyl sites for hydroxylation is 1. The van der Waals surface area contributed by atoms with Crippen molar-refractivity contribution in [2.24, 2.45) is 0 Å². The molecule has 1 saturated heterocycles. The van der Waals surface area contributed by atoms with Gasteiger partial charge < -0.3 is 9.30 Å². The summed E-state index contributed by atoms with van der Waals surface area (Å²) >= 11 is 3.38. The summed E-state index contributed by atoms with van der Waals surface area (Å²) in [5, 5.41) is 4.14. The van der Waals surface area contributed by atoms with Crippen LogP contribution in [-0.4, -0.2) is 31.9 Å². The van der Waals surface area contributed by atoms with Crippen molar-refractivity contribution >= 4 is 33.5 Å². The molecule has 3 aromatic heterocycles. The summed E-state index contributed by atoms with van der Waals surface area (Å²) < 4.78 is 9.11. The summed E-state index contributed by atoms with van der Waals surface area (Å²) in [4.78, 5) is 30.8. The van der Waals surface area contributed by atoms with Gasteiger partial charge in [0.15, 0.2) is 5.65 Å². The zero-order valence-corrected chi connectivity index (χ0v) is 14.9. The summed E-state index contributed by atoms with van der Waals surface area (Å²) in [6.45, 7) is 2.56. The van der Waals surface area contributed by atoms with E-state index in [0.717, 1.165) is 0 Å². The van der Waals surface area contributed by atoms with Crippen LogP contribution in [-0.2, 0) is 11.3 Å². The van der Waals surface area contributed by atoms with Crippen LogP contribution in [0, 0.1) is 0 Å². The predicted molar refractivity (Wildman–Crippen MR) is 93.6 cm³/mol. The molecule has 25 heavy (non-hydrogen) atoms. The SMILES string of the molecule is CCn1cccc([C@H]2COC(=O)N2c2ccn3ncc(Br)c3n2)c1=O. The maximum absolute atomic E-state index is 12.6. The molecule has 0 saturated carbocycles. The van der Waals surface area contributed by atoms with Crippen LogP contribution in [0.1, 0.15) is 18.5 Å². The third kappa shape index (κ3) is 2.51. The van der Waals surface area contributed by atoms with E-state index in [0.29, 0.717) is 28.0 Å². The summed E-state index contributed by atoms with van der Waals surface area (Å²) in [5.74, 6) is 0.410. The van der Waals surface area contributed by atoms with Crippen LogP contribution in [0.5, 0.6) is 0 Å². The highest BCUT2D eigenvalue weighted by molar-refractivity contribution is 9.10. The van der Waals surface area contributed by atoms with Crippen molar-refractivity contribution in [3.05, 3.63) is 57.2 Å². The van der Waals surface area contributed by atoms with E-state index in [2.05, 4.69) is 26.0 Å². The molecule has 0 radical (unpaired) electrons. The van der Waals surface area contributed by atoms with Gasteiger partial charge in [0.05, 0.1) is 10.7 Å². The van der Waals surface area contributed by atoms with Gasteiger partial charge >= 0.3 is 6.09 Å². The highest BCUT2D eigenvalue weighted by Gasteiger charge is 2.38. The number of pyridine rings is 1. The lowest BCUT2D eigenvalue weighted by molar-refractivity contribution is 0.178. The van der Waals surface area contributed by atoms with Crippen molar-refractivity contribution in [3.63, 3.8) is 0 Å². The molecule has 128 valence electrons. The minimum absolute atomic E-state index is 0.106. The second kappa shape index (κ2) is 5.99. The molecule has 1 atom stereocenters. The van der Waals surface area contributed by atoms with Gasteiger partial charge in [0, 0.05) is 24.5 Å². The molecule has 0 spiro atoms. The Bertz CT molecular complexity index is 1030. The summed E-state index contributed by atoms with van der Waals surface area (Å²) in [6.07, 6.45) is 4.54. The van der Waals surface area contributed by atoms with E-state index in [1.54, 1.807) is 45.9 Å². The Kier molecular flexibility index (Phi) is 3.79. The molecule has 1 aliphatic rings. The third-order valence-electron chi connectivity index (χ3n) is 4.18. The first-order valence-electron chi connectivity index (χ1n) is 7.75. The maximum Gasteiger partial charge on any atom is 0.416 e. The van der Waals surface area contributed by atoms with Gasteiger partial charge in [-0.05, 0) is 41.1 Å². The molecular weight excluding hydrogens is 390 g/mol. The Hall–Kier alpha value is -2.68. The Morgan fingerprint density at radius 3 is 2.96 bits per heavy atom. The Labute approximate surface area is 150 Å². The van der Waals surface area contributed by atoms with Crippen molar-refractivity contribution in [2.45, 2.75) is 19.5 Å². The number of rotatable bonds is 3. The first-order valence-corrected chi connectivity index (χ1v) is 8.54. The molecular formula is C16H14BrN5O3. The fourth-order valence-electron chi connectivity index (χ4n) is 2.93. The topological polar surface area (TPSA) is 81.7 Å². The number of cyclic esters (lactones) is 1. The van der Waals surface area contributed by atoms with Gasteiger partial charge in [0.2, 0.25) is 0 Å². The number of amides is 1. The number of carbonyl (C=O) groups is 1. The van der Waals surface area contributed by atoms with Gasteiger partial charge in [-0.25, -0.2) is 14.3 Å². The number of aromatic nitrogens is 4. The average Bonchev–Trinajstić information content (AvgIpc) is 3.18. The summed E-state index contributed by atoms with van der Waals surface area (Å²) in [6, 6.07) is 4.68. The van der Waals surface area contributed by atoms with Gasteiger partial charge in [-0.1, -0.05) is 0 Å². The molecule has 1 aliphatic heterocycles. The van der Waals surface area contributed by atoms with Gasteiger partial charge in [0.25, 0.3) is 5.56 Å². The number of hydrogen-bond acceptors (Lipinski definition) is 5. The molecule has 0 N–H and O–H groups in total. The van der Waals surface area contributed by atoms with Crippen LogP contribution < -0.4 is 10.5 Å². The maximum atomic E-state index is 12.6. The molecule has 1 fully saturated rings. The van der Waals surface area contributed by atoms with E-state index in [1.807, 2.05) is 6.92 Å². The van der Waals surface area contributed by atoms with Crippen LogP contribution in [0.15, 0.2) is 46.1 Å². The zero-order valence-electron chi connectivity index (χ0n) is 13.3. The van der Waals surface area contributed by atoms with Gasteiger partial charge in [-0.2, -0.15) is 5.10 Å². The van der Waals surface area contributed by atoms with E-state index in [1.165, 1.54) is 4.90 Å². The van der Waals surface area contributed by atoms with E-state index in [-0.39, 0.29) is 12.2 Å². The zero-order chi connectivity index (χ0) is 17.6. The van der Waals surface area contributed by atoms with E-state index >= 15 is 0 Å². The van der Waals surface area contributed by atoms with E-state index in [9.17, 15) is 9.59 Å². The average molecular weight is 404 g/mol. The number of hydrogen-bond donors (Lipinski definition) is 0. The molecule has 0 unspecified atom stereocenters. The van der Waals surface area contributed by atoms with E-state index < -0.39 is 12.1 Å². The van der Waals surface area contributed by atoms with Crippen LogP contribution in [0.25, 0.3) is 5.65 Å². The lowest BCUT2D eigenvalue weighted by Crippen LogP contribution is -2.33. The van der Waals surface area contributed by atoms with Crippen molar-refractivity contribution in [2.75, 3.05) is 11.5 Å². The molecule has 9 heteroatoms. The Morgan fingerprint density at radius 1 is 1.32 bits per heavy atom. The molecule has 1 amide bonds. The lowest BCUT2D eigenvalue weighted by atomic mass is 10.1. The summed E-state index contributed by atoms with van der Waals surface area (Å²) in [5.41, 5.74) is 0.948. The van der Waals surface area contributed by atoms with Crippen molar-refractivity contribution in [3.8, 4) is 0 Å². The first-order chi connectivity index (χ1) is 12.1. The third-order valence-corrected chi connectivity index (χ3v) is 4.74. The van der Waals surface area contributed by atoms with Gasteiger partial charge in [-0.15, -0.1) is 0 Å². The molecule has 0 bridgehead atoms. The van der Waals surface area contributed by atoms with Crippen LogP contribution in [0.3, 0.4) is 0 Å². The van der Waals surface area contributed by atoms with Gasteiger partial charge in [-0.3, -0.25) is 9.69 Å². The fraction of sp³-hybridized carbons (Fsp3) is 0.250. The highest BCUT2D eigenvalue weighted by atomic mass is 79.9. The fourth-order valence-corrected chi connectivity index (χ4v) is 3.29. The number of halogens is 1. The van der Waals surface area contributed by atoms with Crippen LogP contribution in [0.4, 0.5) is 10.6 Å². The lowest BCUT2D eigenvalue weighted by Gasteiger charge is -2.20. The molecule has 0 aliphatic carbocycles. The number of ether oxygens (including phenoxy) is 1. The van der Waals surface area contributed by atoms with Crippen LogP contribution >= 0.6 is 15.9 Å². The minimum Gasteiger partial charge on any atom is -0.447 e. The Morgan fingerprint density at radius 2 is 2.16 bits per heavy atom. The van der Waals surface area contributed by atoms with E-state index in [4.69, 9.17) is 4.74 Å². The smallest absolute Gasteiger partial charge is 0.416 e. The van der Waals surface area contributed by atoms with Crippen LogP contribution in [0.2, 0.25) is 0 Å². The largest absolute Gasteiger partial charge is 0.447 e. The molecule has 4 heterocycles. The quantitative estimate of drug-likeness (QED) is 0.670. The second-order valence-electron chi connectivity index (χ2n) is 5.56. The molecule has 8 nitrogen and oxygen atoms in total. The minimum atomic E-state index is -0.524. The van der Waals surface area contributed by atoms with Crippen molar-refractivity contribution in [1.82, 2.24) is 19.2 Å². The first kappa shape index (κ1) is 15.8. The van der Waals surface area contributed by atoms with Gasteiger partial charge in [0.1, 0.15) is 18.5 Å². The number of anilines is 1. The second-order valence-corrected chi connectivity index (χ2v) is 6.42. The molecule has 0 aromatic carbocycles. The predicted octanol–water partition coefficient (Wildman–Crippen LogP) is 2.37. The number of carbonyl (C=O) groups excluding carboxylic acids is 1. The Balaban J connectivity index is 1.82. The standard InChI is InChI=1S/C16H14BrN5O3/c1-2-20-6-3-4-10(15(20)23)12-9-25-16(24)22(12)13-5-7-21-14(19-13)11(17)8-18-21/h3-8,12H,2,9H2,1H3/t12-/m1/s1. The monoisotopic (exact) mass is 403 g/mol. The number of nitrogens with zero attached hydrogens (tertiary/aromatic N) is 5. The van der Waals surface area contributed by atoms with Crippen molar-refractivity contribution in [1.29, 1.82) is 0 Å². The molecule has 4 rings (SSSR count). The number of fused-ring (bicyclic) bond motifs is 1. The normalized spacial score (nSPS) is 17.3. The van der Waals surface area contributed by atoms with Crippen molar-refractivity contribution < 1.29 is 9.53 Å². The highest BCUT2D eigenvalue weighted by Crippen LogP contribution is 2.31.